The first-order valence-corrected chi connectivity index (χ1v) is 7.51. The number of nitrogens with zero attached hydrogens (tertiary/aromatic N) is 5. The summed E-state index contributed by atoms with van der Waals surface area (Å²) in [6, 6.07) is 1.21. The molecule has 8 nitrogen and oxygen atoms in total. The van der Waals surface area contributed by atoms with Gasteiger partial charge in [0.05, 0.1) is 0 Å². The molecule has 21 heavy (non-hydrogen) atoms. The maximum absolute atomic E-state index is 11.4. The number of halogens is 1. The van der Waals surface area contributed by atoms with Crippen LogP contribution in [-0.4, -0.2) is 38.0 Å². The van der Waals surface area contributed by atoms with Crippen molar-refractivity contribution in [3.8, 4) is 0 Å². The number of hydrogen-bond donors (Lipinski definition) is 2. The second kappa shape index (κ2) is 5.86. The quantitative estimate of drug-likeness (QED) is 0.801. The normalized spacial score (nSPS) is 14.6. The van der Waals surface area contributed by atoms with Gasteiger partial charge in [0.15, 0.2) is 5.16 Å². The molecular weight excluding hydrogens is 314 g/mol. The number of nitrogens with one attached hydrogen (secondary N) is 1. The lowest BCUT2D eigenvalue weighted by Gasteiger charge is -2.15. The maximum atomic E-state index is 11.4. The van der Waals surface area contributed by atoms with E-state index in [0.29, 0.717) is 16.3 Å². The van der Waals surface area contributed by atoms with Gasteiger partial charge in [-0.2, -0.15) is 15.0 Å². The summed E-state index contributed by atoms with van der Waals surface area (Å²) in [5.41, 5.74) is 5.21. The molecule has 0 unspecified atom stereocenters. The van der Waals surface area contributed by atoms with Crippen LogP contribution in [0.25, 0.3) is 0 Å². The number of nitrogens with two attached hydrogens (primary N) is 1. The smallest absolute Gasteiger partial charge is 0.253 e. The number of aromatic amines is 1. The number of hydrogen-bond acceptors (Lipinski definition) is 8. The van der Waals surface area contributed by atoms with Crippen LogP contribution in [0.5, 0.6) is 0 Å². The summed E-state index contributed by atoms with van der Waals surface area (Å²) >= 11 is 7.02. The van der Waals surface area contributed by atoms with E-state index in [4.69, 9.17) is 17.3 Å². The molecule has 1 fully saturated rings. The largest absolute Gasteiger partial charge is 0.383 e. The molecule has 2 aromatic rings. The number of H-pyrrole nitrogens is 1. The second-order valence-electron chi connectivity index (χ2n) is 4.46. The molecule has 3 N–H and O–H groups in total. The molecule has 0 spiro atoms. The Balaban J connectivity index is 1.89. The third-order valence-corrected chi connectivity index (χ3v) is 3.81. The van der Waals surface area contributed by atoms with Crippen LogP contribution in [0, 0.1) is 0 Å². The van der Waals surface area contributed by atoms with E-state index in [9.17, 15) is 4.79 Å². The van der Waals surface area contributed by atoms with E-state index in [0.717, 1.165) is 37.7 Å². The monoisotopic (exact) mass is 325 g/mol. The summed E-state index contributed by atoms with van der Waals surface area (Å²) in [5, 5.41) is 0.793. The standard InChI is InChI=1S/C11H12ClN7OS/c12-8-16-9(19-3-1-2-4-19)18-11(17-8)21-10-14-6(13)5-7(20)15-10/h5H,1-4H2,(H3,13,14,15,20). The van der Waals surface area contributed by atoms with Gasteiger partial charge in [0.1, 0.15) is 5.82 Å². The van der Waals surface area contributed by atoms with Crippen LogP contribution in [0.15, 0.2) is 21.2 Å². The van der Waals surface area contributed by atoms with Crippen molar-refractivity contribution >= 4 is 35.1 Å². The van der Waals surface area contributed by atoms with Gasteiger partial charge in [-0.3, -0.25) is 4.79 Å². The molecule has 0 radical (unpaired) electrons. The lowest BCUT2D eigenvalue weighted by molar-refractivity contribution is 0.822. The molecule has 0 aromatic carbocycles. The predicted molar refractivity (Wildman–Crippen MR) is 79.7 cm³/mol. The summed E-state index contributed by atoms with van der Waals surface area (Å²) in [6.45, 7) is 1.80. The molecule has 10 heteroatoms. The summed E-state index contributed by atoms with van der Waals surface area (Å²) in [5.74, 6) is 0.683. The Morgan fingerprint density at radius 3 is 2.71 bits per heavy atom. The maximum Gasteiger partial charge on any atom is 0.253 e. The molecule has 0 atom stereocenters. The van der Waals surface area contributed by atoms with E-state index < -0.39 is 0 Å². The van der Waals surface area contributed by atoms with E-state index >= 15 is 0 Å². The average Bonchev–Trinajstić information content (AvgIpc) is 2.90. The first kappa shape index (κ1) is 14.1. The van der Waals surface area contributed by atoms with Gasteiger partial charge in [0, 0.05) is 19.2 Å². The fraction of sp³-hybridized carbons (Fsp3) is 0.364. The Morgan fingerprint density at radius 2 is 2.00 bits per heavy atom. The van der Waals surface area contributed by atoms with E-state index in [1.807, 2.05) is 4.90 Å². The lowest BCUT2D eigenvalue weighted by atomic mass is 10.4. The molecule has 3 heterocycles. The van der Waals surface area contributed by atoms with Gasteiger partial charge in [0.25, 0.3) is 5.56 Å². The molecule has 3 rings (SSSR count). The van der Waals surface area contributed by atoms with Crippen LogP contribution in [0.4, 0.5) is 11.8 Å². The number of nitrogen functional groups attached to an aromatic ring is 1. The second-order valence-corrected chi connectivity index (χ2v) is 5.75. The molecule has 0 bridgehead atoms. The van der Waals surface area contributed by atoms with Gasteiger partial charge in [-0.05, 0) is 36.2 Å². The molecule has 1 aliphatic heterocycles. The minimum atomic E-state index is -0.329. The van der Waals surface area contributed by atoms with Gasteiger partial charge < -0.3 is 15.6 Å². The first-order valence-electron chi connectivity index (χ1n) is 6.31. The average molecular weight is 326 g/mol. The molecule has 1 saturated heterocycles. The van der Waals surface area contributed by atoms with Crippen molar-refractivity contribution in [3.05, 3.63) is 21.7 Å². The number of rotatable bonds is 3. The van der Waals surface area contributed by atoms with E-state index in [-0.39, 0.29) is 16.7 Å². The van der Waals surface area contributed by atoms with Gasteiger partial charge in [-0.25, -0.2) is 4.98 Å². The fourth-order valence-corrected chi connectivity index (χ4v) is 2.96. The molecule has 0 aliphatic carbocycles. The van der Waals surface area contributed by atoms with Crippen molar-refractivity contribution < 1.29 is 0 Å². The molecule has 0 amide bonds. The van der Waals surface area contributed by atoms with E-state index in [2.05, 4.69) is 24.9 Å². The van der Waals surface area contributed by atoms with Crippen LogP contribution >= 0.6 is 23.4 Å². The van der Waals surface area contributed by atoms with Crippen molar-refractivity contribution in [1.82, 2.24) is 24.9 Å². The summed E-state index contributed by atoms with van der Waals surface area (Å²) < 4.78 is 0. The molecule has 110 valence electrons. The minimum Gasteiger partial charge on any atom is -0.383 e. The zero-order valence-electron chi connectivity index (χ0n) is 10.9. The Bertz CT molecular complexity index is 716. The SMILES string of the molecule is Nc1cc(=O)[nH]c(Sc2nc(Cl)nc(N3CCCC3)n2)n1. The summed E-state index contributed by atoms with van der Waals surface area (Å²) in [6.07, 6.45) is 2.21. The van der Waals surface area contributed by atoms with E-state index in [1.165, 1.54) is 6.07 Å². The van der Waals surface area contributed by atoms with Gasteiger partial charge in [0.2, 0.25) is 16.4 Å². The highest BCUT2D eigenvalue weighted by Crippen LogP contribution is 2.24. The van der Waals surface area contributed by atoms with Gasteiger partial charge >= 0.3 is 0 Å². The number of anilines is 2. The molecular formula is C11H12ClN7OS. The van der Waals surface area contributed by atoms with Crippen molar-refractivity contribution in [3.63, 3.8) is 0 Å². The third kappa shape index (κ3) is 3.42. The Hall–Kier alpha value is -1.87. The zero-order valence-corrected chi connectivity index (χ0v) is 12.5. The zero-order chi connectivity index (χ0) is 14.8. The summed E-state index contributed by atoms with van der Waals surface area (Å²) in [7, 11) is 0. The third-order valence-electron chi connectivity index (χ3n) is 2.89. The van der Waals surface area contributed by atoms with E-state index in [1.54, 1.807) is 0 Å². The predicted octanol–water partition coefficient (Wildman–Crippen LogP) is 0.942. The van der Waals surface area contributed by atoms with Crippen molar-refractivity contribution in [1.29, 1.82) is 0 Å². The highest BCUT2D eigenvalue weighted by Gasteiger charge is 2.17. The molecule has 2 aromatic heterocycles. The van der Waals surface area contributed by atoms with Crippen LogP contribution in [0.2, 0.25) is 5.28 Å². The Labute approximate surface area is 129 Å². The van der Waals surface area contributed by atoms with Crippen LogP contribution in [0.1, 0.15) is 12.8 Å². The molecule has 0 saturated carbocycles. The molecule has 1 aliphatic rings. The van der Waals surface area contributed by atoms with Crippen molar-refractivity contribution in [2.24, 2.45) is 0 Å². The van der Waals surface area contributed by atoms with Crippen molar-refractivity contribution in [2.45, 2.75) is 23.2 Å². The van der Waals surface area contributed by atoms with Gasteiger partial charge in [-0.15, -0.1) is 0 Å². The summed E-state index contributed by atoms with van der Waals surface area (Å²) in [4.78, 5) is 32.5. The minimum absolute atomic E-state index is 0.112. The van der Waals surface area contributed by atoms with Crippen molar-refractivity contribution in [2.75, 3.05) is 23.7 Å². The number of aromatic nitrogens is 5. The topological polar surface area (TPSA) is 114 Å². The fourth-order valence-electron chi connectivity index (χ4n) is 2.01. The first-order chi connectivity index (χ1) is 10.1. The lowest BCUT2D eigenvalue weighted by Crippen LogP contribution is -2.21. The van der Waals surface area contributed by atoms with Crippen LogP contribution in [-0.2, 0) is 0 Å². The highest BCUT2D eigenvalue weighted by atomic mass is 35.5. The van der Waals surface area contributed by atoms with Crippen LogP contribution in [0.3, 0.4) is 0 Å². The van der Waals surface area contributed by atoms with Crippen LogP contribution < -0.4 is 16.2 Å². The highest BCUT2D eigenvalue weighted by molar-refractivity contribution is 7.99. The van der Waals surface area contributed by atoms with Gasteiger partial charge in [-0.1, -0.05) is 0 Å². The Morgan fingerprint density at radius 1 is 1.24 bits per heavy atom. The Kier molecular flexibility index (Phi) is 3.93.